The molecule has 0 atom stereocenters. The predicted octanol–water partition coefficient (Wildman–Crippen LogP) is 1.58. The highest BCUT2D eigenvalue weighted by atomic mass is 127. The molecule has 3 rings (SSSR count). The maximum atomic E-state index is 12.0. The van der Waals surface area contributed by atoms with Crippen LogP contribution < -0.4 is 21.2 Å². The molecule has 2 aromatic carbocycles. The summed E-state index contributed by atoms with van der Waals surface area (Å²) in [6, 6.07) is 11.4. The summed E-state index contributed by atoms with van der Waals surface area (Å²) in [5, 5.41) is 14.8. The molecule has 26 heavy (non-hydrogen) atoms. The first kappa shape index (κ1) is 18.7. The van der Waals surface area contributed by atoms with Crippen LogP contribution in [-0.2, 0) is 14.8 Å². The zero-order valence-corrected chi connectivity index (χ0v) is 16.8. The number of nitrogens with two attached hydrogens (primary N) is 1. The van der Waals surface area contributed by atoms with Gasteiger partial charge in [0.1, 0.15) is 0 Å². The van der Waals surface area contributed by atoms with Gasteiger partial charge in [-0.2, -0.15) is 5.10 Å². The number of nitrogens with zero attached hydrogens (tertiary/aromatic N) is 1. The monoisotopic (exact) mass is 501 g/mol. The van der Waals surface area contributed by atoms with Crippen molar-refractivity contribution in [3.05, 3.63) is 51.6 Å². The number of hydrazone groups is 1. The number of halogens is 1. The quantitative estimate of drug-likeness (QED) is 0.288. The molecule has 1 amide bonds. The summed E-state index contributed by atoms with van der Waals surface area (Å²) < 4.78 is 23.7. The van der Waals surface area contributed by atoms with Crippen LogP contribution in [0.3, 0.4) is 0 Å². The Balaban J connectivity index is 1.75. The Kier molecular flexibility index (Phi) is 5.22. The average molecular weight is 501 g/mol. The minimum absolute atomic E-state index is 0.0460. The van der Waals surface area contributed by atoms with Crippen molar-refractivity contribution in [3.8, 4) is 0 Å². The van der Waals surface area contributed by atoms with Crippen LogP contribution in [0, 0.1) is 3.57 Å². The number of primary sulfonamides is 1. The standard InChI is InChI=1S/C15H12IN5O3S2/c16-8-4-5-12-11(6-8)13(14(22)19-12)20-21-15(25)18-9-2-1-3-10(7-9)26(17,23)24/h1-7H,(H2,17,23,24)(H2,18,21,25)(H,19,20,22). The summed E-state index contributed by atoms with van der Waals surface area (Å²) in [6.45, 7) is 0. The van der Waals surface area contributed by atoms with Crippen molar-refractivity contribution in [2.24, 2.45) is 10.2 Å². The molecule has 134 valence electrons. The van der Waals surface area contributed by atoms with Gasteiger partial charge in [-0.05, 0) is 71.2 Å². The van der Waals surface area contributed by atoms with Gasteiger partial charge in [0.15, 0.2) is 10.8 Å². The molecule has 0 aromatic heterocycles. The summed E-state index contributed by atoms with van der Waals surface area (Å²) in [5.41, 5.74) is 4.56. The average Bonchev–Trinajstić information content (AvgIpc) is 2.87. The van der Waals surface area contributed by atoms with Crippen molar-refractivity contribution < 1.29 is 13.2 Å². The highest BCUT2D eigenvalue weighted by Crippen LogP contribution is 2.25. The molecule has 1 aliphatic heterocycles. The van der Waals surface area contributed by atoms with Gasteiger partial charge in [-0.1, -0.05) is 6.07 Å². The number of fused-ring (bicyclic) bond motifs is 1. The van der Waals surface area contributed by atoms with Gasteiger partial charge >= 0.3 is 0 Å². The van der Waals surface area contributed by atoms with Crippen molar-refractivity contribution in [2.75, 3.05) is 10.6 Å². The highest BCUT2D eigenvalue weighted by molar-refractivity contribution is 14.1. The SMILES string of the molecule is NS(=O)(=O)c1cccc(NC(=S)NN=C2C(=O)Nc3ccc(I)cc32)c1. The van der Waals surface area contributed by atoms with Crippen LogP contribution in [0.4, 0.5) is 11.4 Å². The maximum absolute atomic E-state index is 12.0. The van der Waals surface area contributed by atoms with E-state index in [-0.39, 0.29) is 21.6 Å². The van der Waals surface area contributed by atoms with Gasteiger partial charge in [-0.25, -0.2) is 13.6 Å². The lowest BCUT2D eigenvalue weighted by Gasteiger charge is -2.08. The lowest BCUT2D eigenvalue weighted by atomic mass is 10.1. The van der Waals surface area contributed by atoms with Crippen LogP contribution in [0.15, 0.2) is 52.5 Å². The first-order chi connectivity index (χ1) is 12.2. The van der Waals surface area contributed by atoms with Crippen molar-refractivity contribution >= 4 is 72.9 Å². The third kappa shape index (κ3) is 4.17. The van der Waals surface area contributed by atoms with Gasteiger partial charge in [0.25, 0.3) is 5.91 Å². The molecule has 5 N–H and O–H groups in total. The Bertz CT molecular complexity index is 1050. The summed E-state index contributed by atoms with van der Waals surface area (Å²) in [5.74, 6) is -0.339. The summed E-state index contributed by atoms with van der Waals surface area (Å²) in [4.78, 5) is 12.0. The van der Waals surface area contributed by atoms with E-state index < -0.39 is 10.0 Å². The van der Waals surface area contributed by atoms with Crippen molar-refractivity contribution in [1.29, 1.82) is 0 Å². The van der Waals surface area contributed by atoms with E-state index in [1.54, 1.807) is 12.1 Å². The molecule has 1 heterocycles. The number of nitrogens with one attached hydrogen (secondary N) is 3. The van der Waals surface area contributed by atoms with Gasteiger partial charge in [0, 0.05) is 14.8 Å². The van der Waals surface area contributed by atoms with E-state index in [2.05, 4.69) is 43.8 Å². The third-order valence-corrected chi connectivity index (χ3v) is 5.17. The molecule has 11 heteroatoms. The van der Waals surface area contributed by atoms with Gasteiger partial charge in [0.2, 0.25) is 10.0 Å². The topological polar surface area (TPSA) is 126 Å². The minimum atomic E-state index is -3.82. The zero-order valence-electron chi connectivity index (χ0n) is 13.0. The molecule has 0 unspecified atom stereocenters. The summed E-state index contributed by atoms with van der Waals surface area (Å²) in [6.07, 6.45) is 0. The minimum Gasteiger partial charge on any atom is -0.331 e. The molecular formula is C15H12IN5O3S2. The second kappa shape index (κ2) is 7.26. The number of carbonyl (C=O) groups excluding carboxylic acids is 1. The van der Waals surface area contributed by atoms with E-state index in [9.17, 15) is 13.2 Å². The lowest BCUT2D eigenvalue weighted by Crippen LogP contribution is -2.27. The van der Waals surface area contributed by atoms with Crippen LogP contribution in [0.25, 0.3) is 0 Å². The van der Waals surface area contributed by atoms with Gasteiger partial charge in [-0.3, -0.25) is 10.2 Å². The van der Waals surface area contributed by atoms with E-state index in [0.717, 1.165) is 3.57 Å². The fourth-order valence-electron chi connectivity index (χ4n) is 2.25. The van der Waals surface area contributed by atoms with Gasteiger partial charge in [-0.15, -0.1) is 0 Å². The molecule has 0 radical (unpaired) electrons. The predicted molar refractivity (Wildman–Crippen MR) is 111 cm³/mol. The second-order valence-corrected chi connectivity index (χ2v) is 8.46. The first-order valence-electron chi connectivity index (χ1n) is 7.13. The highest BCUT2D eigenvalue weighted by Gasteiger charge is 2.26. The Hall–Kier alpha value is -2.09. The lowest BCUT2D eigenvalue weighted by molar-refractivity contribution is -0.110. The largest absolute Gasteiger partial charge is 0.331 e. The number of amides is 1. The number of thiocarbonyl (C=S) groups is 1. The van der Waals surface area contributed by atoms with Crippen molar-refractivity contribution in [2.45, 2.75) is 4.90 Å². The molecule has 0 aliphatic carbocycles. The molecule has 0 spiro atoms. The van der Waals surface area contributed by atoms with Crippen molar-refractivity contribution in [3.63, 3.8) is 0 Å². The van der Waals surface area contributed by atoms with Crippen LogP contribution in [-0.4, -0.2) is 25.1 Å². The van der Waals surface area contributed by atoms with Gasteiger partial charge in [0.05, 0.1) is 10.6 Å². The fraction of sp³-hybridized carbons (Fsp3) is 0. The number of sulfonamides is 1. The third-order valence-electron chi connectivity index (χ3n) is 3.39. The number of rotatable bonds is 3. The van der Waals surface area contributed by atoms with E-state index in [4.69, 9.17) is 17.4 Å². The van der Waals surface area contributed by atoms with Crippen molar-refractivity contribution in [1.82, 2.24) is 5.43 Å². The molecule has 8 nitrogen and oxygen atoms in total. The number of hydrogen-bond acceptors (Lipinski definition) is 5. The Morgan fingerprint density at radius 3 is 2.73 bits per heavy atom. The number of hydrogen-bond donors (Lipinski definition) is 4. The van der Waals surface area contributed by atoms with Crippen LogP contribution in [0.5, 0.6) is 0 Å². The molecule has 2 aromatic rings. The first-order valence-corrected chi connectivity index (χ1v) is 10.2. The summed E-state index contributed by atoms with van der Waals surface area (Å²) in [7, 11) is -3.82. The normalized spacial score (nSPS) is 14.7. The molecule has 0 bridgehead atoms. The number of carbonyl (C=O) groups is 1. The zero-order chi connectivity index (χ0) is 18.9. The number of anilines is 2. The Morgan fingerprint density at radius 2 is 2.00 bits per heavy atom. The van der Waals surface area contributed by atoms with Crippen LogP contribution in [0.2, 0.25) is 0 Å². The summed E-state index contributed by atoms with van der Waals surface area (Å²) >= 11 is 7.27. The molecule has 0 fully saturated rings. The molecule has 1 aliphatic rings. The van der Waals surface area contributed by atoms with E-state index in [0.29, 0.717) is 16.9 Å². The Morgan fingerprint density at radius 1 is 1.23 bits per heavy atom. The fourth-order valence-corrected chi connectivity index (χ4v) is 3.47. The maximum Gasteiger partial charge on any atom is 0.276 e. The molecular weight excluding hydrogens is 489 g/mol. The van der Waals surface area contributed by atoms with E-state index in [1.165, 1.54) is 18.2 Å². The van der Waals surface area contributed by atoms with Crippen LogP contribution >= 0.6 is 34.8 Å². The smallest absolute Gasteiger partial charge is 0.276 e. The van der Waals surface area contributed by atoms with E-state index in [1.807, 2.05) is 12.1 Å². The molecule has 0 saturated carbocycles. The molecule has 0 saturated heterocycles. The van der Waals surface area contributed by atoms with E-state index >= 15 is 0 Å². The number of benzene rings is 2. The van der Waals surface area contributed by atoms with Crippen LogP contribution in [0.1, 0.15) is 5.56 Å². The van der Waals surface area contributed by atoms with Gasteiger partial charge < -0.3 is 10.6 Å². The Labute approximate surface area is 168 Å². The second-order valence-electron chi connectivity index (χ2n) is 5.24.